The van der Waals surface area contributed by atoms with Gasteiger partial charge in [-0.15, -0.1) is 0 Å². The first-order valence-corrected chi connectivity index (χ1v) is 10.2. The van der Waals surface area contributed by atoms with Crippen molar-refractivity contribution in [2.45, 2.75) is 40.2 Å². The highest BCUT2D eigenvalue weighted by atomic mass is 19.4. The molecule has 156 valence electrons. The summed E-state index contributed by atoms with van der Waals surface area (Å²) in [4.78, 5) is 0. The third-order valence-corrected chi connectivity index (χ3v) is 6.34. The van der Waals surface area contributed by atoms with Crippen LogP contribution in [0.4, 0.5) is 24.5 Å². The lowest BCUT2D eigenvalue weighted by Crippen LogP contribution is -2.45. The zero-order valence-corrected chi connectivity index (χ0v) is 17.8. The molecule has 6 heteroatoms. The standard InChI is InChI=1S/C25H23F3N3/c1-15-9-5-7-11-20(15)29-17(3)22-13-19(25(26,27)28)14-23-18(4)30(24(29)31(22)23)21-12-8-6-10-16(21)2/h5-14,24H,1-4H3/q+3. The van der Waals surface area contributed by atoms with Crippen LogP contribution < -0.4 is 4.57 Å². The fraction of sp³-hybridized carbons (Fsp3) is 0.240. The lowest BCUT2D eigenvalue weighted by Gasteiger charge is -2.07. The molecule has 0 spiro atoms. The number of hydrogen-bond donors (Lipinski definition) is 0. The SMILES string of the molecule is CC1=[N+](c2ccccc2C)C2[N+](c3ccccc3C)=C(C)c3cc(C(F)(F)F)cc1[n+]32. The fourth-order valence-electron chi connectivity index (χ4n) is 4.79. The highest BCUT2D eigenvalue weighted by Crippen LogP contribution is 2.38. The monoisotopic (exact) mass is 422 g/mol. The van der Waals surface area contributed by atoms with Crippen LogP contribution in [0.15, 0.2) is 60.7 Å². The van der Waals surface area contributed by atoms with E-state index >= 15 is 0 Å². The molecule has 0 radical (unpaired) electrons. The maximum Gasteiger partial charge on any atom is 0.555 e. The first-order valence-electron chi connectivity index (χ1n) is 10.2. The smallest absolute Gasteiger partial charge is 0.166 e. The van der Waals surface area contributed by atoms with Gasteiger partial charge in [-0.05, 0) is 13.8 Å². The van der Waals surface area contributed by atoms with Gasteiger partial charge in [0.25, 0.3) is 22.8 Å². The van der Waals surface area contributed by atoms with Crippen LogP contribution in [0.1, 0.15) is 48.2 Å². The van der Waals surface area contributed by atoms with E-state index in [2.05, 4.69) is 9.15 Å². The van der Waals surface area contributed by atoms with Crippen LogP contribution in [0.2, 0.25) is 0 Å². The van der Waals surface area contributed by atoms with Gasteiger partial charge in [0.05, 0.1) is 5.56 Å². The van der Waals surface area contributed by atoms with E-state index in [1.807, 2.05) is 80.8 Å². The highest BCUT2D eigenvalue weighted by Gasteiger charge is 2.62. The van der Waals surface area contributed by atoms with E-state index in [1.165, 1.54) is 12.1 Å². The number of rotatable bonds is 2. The van der Waals surface area contributed by atoms with E-state index in [4.69, 9.17) is 0 Å². The Morgan fingerprint density at radius 3 is 1.48 bits per heavy atom. The summed E-state index contributed by atoms with van der Waals surface area (Å²) in [7, 11) is 0. The highest BCUT2D eigenvalue weighted by molar-refractivity contribution is 5.97. The van der Waals surface area contributed by atoms with Crippen molar-refractivity contribution in [1.29, 1.82) is 0 Å². The Labute approximate surface area is 179 Å². The average molecular weight is 422 g/mol. The molecule has 31 heavy (non-hydrogen) atoms. The minimum Gasteiger partial charge on any atom is -0.166 e. The summed E-state index contributed by atoms with van der Waals surface area (Å²) in [6, 6.07) is 18.6. The van der Waals surface area contributed by atoms with Crippen molar-refractivity contribution in [3.05, 3.63) is 88.7 Å². The van der Waals surface area contributed by atoms with Crippen molar-refractivity contribution < 1.29 is 26.9 Å². The maximum absolute atomic E-state index is 13.8. The molecular formula is C25H23F3N3+3. The van der Waals surface area contributed by atoms with Crippen LogP contribution in [0, 0.1) is 13.8 Å². The number of alkyl halides is 3. The van der Waals surface area contributed by atoms with E-state index in [9.17, 15) is 13.2 Å². The van der Waals surface area contributed by atoms with Crippen molar-refractivity contribution in [3.8, 4) is 0 Å². The quantitative estimate of drug-likeness (QED) is 0.490. The lowest BCUT2D eigenvalue weighted by atomic mass is 10.1. The number of hydrogen-bond acceptors (Lipinski definition) is 0. The van der Waals surface area contributed by atoms with Crippen LogP contribution in [0.25, 0.3) is 0 Å². The second kappa shape index (κ2) is 6.61. The Morgan fingerprint density at radius 2 is 1.10 bits per heavy atom. The molecule has 3 aromatic rings. The van der Waals surface area contributed by atoms with E-state index < -0.39 is 11.7 Å². The Bertz CT molecular complexity index is 1230. The molecule has 5 rings (SSSR count). The summed E-state index contributed by atoms with van der Waals surface area (Å²) in [5.74, 6) is 0. The number of nitrogens with zero attached hydrogens (tertiary/aromatic N) is 3. The predicted octanol–water partition coefficient (Wildman–Crippen LogP) is 5.40. The Balaban J connectivity index is 1.87. The van der Waals surface area contributed by atoms with E-state index in [0.29, 0.717) is 11.4 Å². The molecule has 0 bridgehead atoms. The minimum atomic E-state index is -4.41. The second-order valence-corrected chi connectivity index (χ2v) is 8.21. The van der Waals surface area contributed by atoms with Crippen molar-refractivity contribution in [2.24, 2.45) is 0 Å². The molecule has 0 N–H and O–H groups in total. The predicted molar refractivity (Wildman–Crippen MR) is 112 cm³/mol. The number of pyridine rings is 1. The molecule has 0 saturated carbocycles. The summed E-state index contributed by atoms with van der Waals surface area (Å²) in [6.07, 6.45) is -4.71. The molecule has 3 heterocycles. The van der Waals surface area contributed by atoms with E-state index in [1.54, 1.807) is 0 Å². The third-order valence-electron chi connectivity index (χ3n) is 6.34. The number of halogens is 3. The third kappa shape index (κ3) is 2.77. The van der Waals surface area contributed by atoms with Crippen molar-refractivity contribution >= 4 is 22.8 Å². The summed E-state index contributed by atoms with van der Waals surface area (Å²) in [5.41, 5.74) is 6.29. The summed E-state index contributed by atoms with van der Waals surface area (Å²) < 4.78 is 47.6. The van der Waals surface area contributed by atoms with E-state index in [0.717, 1.165) is 33.9 Å². The zero-order valence-electron chi connectivity index (χ0n) is 17.8. The first-order chi connectivity index (χ1) is 14.7. The molecular weight excluding hydrogens is 399 g/mol. The number of benzene rings is 2. The van der Waals surface area contributed by atoms with Gasteiger partial charge in [-0.1, -0.05) is 50.1 Å². The maximum atomic E-state index is 13.8. The molecule has 0 saturated heterocycles. The van der Waals surface area contributed by atoms with Crippen LogP contribution in [-0.2, 0) is 6.18 Å². The topological polar surface area (TPSA) is 9.90 Å². The number of aromatic nitrogens is 1. The first kappa shape index (κ1) is 19.7. The van der Waals surface area contributed by atoms with Crippen molar-refractivity contribution in [3.63, 3.8) is 0 Å². The molecule has 0 atom stereocenters. The second-order valence-electron chi connectivity index (χ2n) is 8.21. The summed E-state index contributed by atoms with van der Waals surface area (Å²) in [6.45, 7) is 7.86. The van der Waals surface area contributed by atoms with Gasteiger partial charge in [-0.3, -0.25) is 0 Å². The van der Waals surface area contributed by atoms with Gasteiger partial charge >= 0.3 is 12.5 Å². The van der Waals surface area contributed by atoms with E-state index in [-0.39, 0.29) is 6.29 Å². The van der Waals surface area contributed by atoms with Crippen LogP contribution in [0.3, 0.4) is 0 Å². The Morgan fingerprint density at radius 1 is 0.677 bits per heavy atom. The van der Waals surface area contributed by atoms with Crippen molar-refractivity contribution in [1.82, 2.24) is 0 Å². The molecule has 3 nitrogen and oxygen atoms in total. The van der Waals surface area contributed by atoms with Gasteiger partial charge in [0.15, 0.2) is 0 Å². The van der Waals surface area contributed by atoms with Crippen LogP contribution in [-0.4, -0.2) is 20.6 Å². The zero-order chi connectivity index (χ0) is 22.1. The fourth-order valence-corrected chi connectivity index (χ4v) is 4.79. The van der Waals surface area contributed by atoms with Crippen molar-refractivity contribution in [2.75, 3.05) is 0 Å². The molecule has 0 amide bonds. The molecule has 2 aromatic carbocycles. The lowest BCUT2D eigenvalue weighted by molar-refractivity contribution is -0.968. The number of aryl methyl sites for hydroxylation is 2. The summed E-state index contributed by atoms with van der Waals surface area (Å²) in [5, 5.41) is 0. The molecule has 0 fully saturated rings. The van der Waals surface area contributed by atoms with Crippen LogP contribution in [0.5, 0.6) is 0 Å². The van der Waals surface area contributed by atoms with Gasteiger partial charge in [0, 0.05) is 49.2 Å². The molecule has 2 aliphatic heterocycles. The van der Waals surface area contributed by atoms with Gasteiger partial charge in [-0.25, -0.2) is 0 Å². The largest absolute Gasteiger partial charge is 0.555 e. The van der Waals surface area contributed by atoms with Gasteiger partial charge < -0.3 is 0 Å². The average Bonchev–Trinajstić information content (AvgIpc) is 3.17. The molecule has 1 aromatic heterocycles. The molecule has 0 aliphatic carbocycles. The minimum absolute atomic E-state index is 0.297. The molecule has 0 unspecified atom stereocenters. The Kier molecular flexibility index (Phi) is 4.19. The van der Waals surface area contributed by atoms with Gasteiger partial charge in [-0.2, -0.15) is 13.2 Å². The normalized spacial score (nSPS) is 15.8. The number of para-hydroxylation sites is 2. The Hall–Kier alpha value is -3.28. The van der Waals surface area contributed by atoms with Gasteiger partial charge in [0.1, 0.15) is 0 Å². The summed E-state index contributed by atoms with van der Waals surface area (Å²) >= 11 is 0. The van der Waals surface area contributed by atoms with Gasteiger partial charge in [0.2, 0.25) is 11.4 Å². The molecule has 2 aliphatic rings. The van der Waals surface area contributed by atoms with Crippen LogP contribution >= 0.6 is 0 Å².